The van der Waals surface area contributed by atoms with Crippen LogP contribution in [0.15, 0.2) is 17.8 Å². The molecule has 3 rings (SSSR count). The van der Waals surface area contributed by atoms with Crippen molar-refractivity contribution in [1.29, 1.82) is 0 Å². The van der Waals surface area contributed by atoms with Gasteiger partial charge in [-0.15, -0.1) is 11.3 Å². The molecule has 1 aliphatic heterocycles. The van der Waals surface area contributed by atoms with Crippen molar-refractivity contribution in [3.05, 3.63) is 17.8 Å². The van der Waals surface area contributed by atoms with Gasteiger partial charge < -0.3 is 15.5 Å². The van der Waals surface area contributed by atoms with E-state index < -0.39 is 0 Å². The molecule has 0 radical (unpaired) electrons. The zero-order chi connectivity index (χ0) is 15.7. The molecule has 2 aromatic heterocycles. The second-order valence-electron chi connectivity index (χ2n) is 5.80. The van der Waals surface area contributed by atoms with Crippen molar-refractivity contribution in [2.24, 2.45) is 11.7 Å². The van der Waals surface area contributed by atoms with Crippen LogP contribution in [0, 0.1) is 5.92 Å². The summed E-state index contributed by atoms with van der Waals surface area (Å²) >= 11 is 1.62. The number of piperazine rings is 1. The first kappa shape index (κ1) is 15.2. The van der Waals surface area contributed by atoms with E-state index in [0.717, 1.165) is 29.1 Å². The molecule has 1 amide bonds. The Morgan fingerprint density at radius 1 is 1.27 bits per heavy atom. The molecule has 0 spiro atoms. The van der Waals surface area contributed by atoms with Gasteiger partial charge in [-0.05, 0) is 18.4 Å². The summed E-state index contributed by atoms with van der Waals surface area (Å²) in [5, 5.41) is 3.13. The number of thiophene rings is 1. The highest BCUT2D eigenvalue weighted by atomic mass is 32.1. The minimum Gasteiger partial charge on any atom is -0.352 e. The highest BCUT2D eigenvalue weighted by Crippen LogP contribution is 2.27. The van der Waals surface area contributed by atoms with E-state index in [-0.39, 0.29) is 17.9 Å². The maximum atomic E-state index is 12.4. The molecule has 22 heavy (non-hydrogen) atoms. The van der Waals surface area contributed by atoms with E-state index in [4.69, 9.17) is 5.73 Å². The fraction of sp³-hybridized carbons (Fsp3) is 0.533. The first-order chi connectivity index (χ1) is 10.6. The van der Waals surface area contributed by atoms with Crippen LogP contribution in [-0.2, 0) is 4.79 Å². The molecule has 0 bridgehead atoms. The summed E-state index contributed by atoms with van der Waals surface area (Å²) in [4.78, 5) is 26.2. The van der Waals surface area contributed by atoms with Gasteiger partial charge in [0.05, 0.1) is 11.3 Å². The molecule has 2 unspecified atom stereocenters. The SMILES string of the molecule is CC(N)C(C)C(=O)N1CCN(c2ncnc3sccc23)CC1. The molecular formula is C15H21N5OS. The molecule has 0 aromatic carbocycles. The fourth-order valence-electron chi connectivity index (χ4n) is 2.68. The molecule has 2 atom stereocenters. The van der Waals surface area contributed by atoms with Crippen LogP contribution in [0.25, 0.3) is 10.2 Å². The number of anilines is 1. The van der Waals surface area contributed by atoms with Crippen molar-refractivity contribution >= 4 is 33.3 Å². The number of carbonyl (C=O) groups excluding carboxylic acids is 1. The molecule has 1 aliphatic rings. The van der Waals surface area contributed by atoms with Crippen molar-refractivity contribution in [3.8, 4) is 0 Å². The smallest absolute Gasteiger partial charge is 0.227 e. The first-order valence-corrected chi connectivity index (χ1v) is 8.43. The number of aromatic nitrogens is 2. The van der Waals surface area contributed by atoms with Crippen molar-refractivity contribution in [3.63, 3.8) is 0 Å². The summed E-state index contributed by atoms with van der Waals surface area (Å²) in [6.45, 7) is 6.79. The second-order valence-corrected chi connectivity index (χ2v) is 6.69. The van der Waals surface area contributed by atoms with Crippen molar-refractivity contribution in [1.82, 2.24) is 14.9 Å². The largest absolute Gasteiger partial charge is 0.352 e. The van der Waals surface area contributed by atoms with Gasteiger partial charge in [0.15, 0.2) is 0 Å². The van der Waals surface area contributed by atoms with Crippen LogP contribution in [-0.4, -0.2) is 53.0 Å². The maximum absolute atomic E-state index is 12.4. The number of rotatable bonds is 3. The zero-order valence-electron chi connectivity index (χ0n) is 12.9. The van der Waals surface area contributed by atoms with E-state index in [9.17, 15) is 4.79 Å². The molecule has 6 nitrogen and oxygen atoms in total. The number of nitrogens with two attached hydrogens (primary N) is 1. The van der Waals surface area contributed by atoms with Gasteiger partial charge in [0.25, 0.3) is 0 Å². The number of fused-ring (bicyclic) bond motifs is 1. The molecule has 118 valence electrons. The molecule has 1 fully saturated rings. The monoisotopic (exact) mass is 319 g/mol. The predicted molar refractivity (Wildman–Crippen MR) is 89.0 cm³/mol. The highest BCUT2D eigenvalue weighted by Gasteiger charge is 2.27. The van der Waals surface area contributed by atoms with E-state index >= 15 is 0 Å². The summed E-state index contributed by atoms with van der Waals surface area (Å²) in [5.74, 6) is 0.991. The molecule has 0 aliphatic carbocycles. The first-order valence-electron chi connectivity index (χ1n) is 7.55. The van der Waals surface area contributed by atoms with Crippen LogP contribution in [0.5, 0.6) is 0 Å². The summed E-state index contributed by atoms with van der Waals surface area (Å²) in [5.41, 5.74) is 5.84. The summed E-state index contributed by atoms with van der Waals surface area (Å²) in [7, 11) is 0. The third-order valence-electron chi connectivity index (χ3n) is 4.31. The predicted octanol–water partition coefficient (Wildman–Crippen LogP) is 1.32. The second kappa shape index (κ2) is 6.18. The van der Waals surface area contributed by atoms with Crippen LogP contribution in [0.2, 0.25) is 0 Å². The van der Waals surface area contributed by atoms with E-state index in [2.05, 4.69) is 20.9 Å². The topological polar surface area (TPSA) is 75.4 Å². The van der Waals surface area contributed by atoms with Gasteiger partial charge in [-0.25, -0.2) is 9.97 Å². The number of nitrogens with zero attached hydrogens (tertiary/aromatic N) is 4. The molecule has 2 aromatic rings. The van der Waals surface area contributed by atoms with Gasteiger partial charge in [0.2, 0.25) is 5.91 Å². The Labute approximate surface area is 133 Å². The third-order valence-corrected chi connectivity index (χ3v) is 5.13. The molecule has 7 heteroatoms. The average Bonchev–Trinajstić information content (AvgIpc) is 3.02. The highest BCUT2D eigenvalue weighted by molar-refractivity contribution is 7.16. The Kier molecular flexibility index (Phi) is 4.26. The Hall–Kier alpha value is -1.73. The number of hydrogen-bond acceptors (Lipinski definition) is 6. The average molecular weight is 319 g/mol. The van der Waals surface area contributed by atoms with E-state index in [0.29, 0.717) is 13.1 Å². The van der Waals surface area contributed by atoms with Gasteiger partial charge in [0.1, 0.15) is 17.0 Å². The third kappa shape index (κ3) is 2.78. The van der Waals surface area contributed by atoms with Crippen LogP contribution in [0.1, 0.15) is 13.8 Å². The van der Waals surface area contributed by atoms with E-state index in [1.165, 1.54) is 0 Å². The number of amides is 1. The quantitative estimate of drug-likeness (QED) is 0.923. The maximum Gasteiger partial charge on any atom is 0.227 e. The molecule has 2 N–H and O–H groups in total. The van der Waals surface area contributed by atoms with E-state index in [1.54, 1.807) is 17.7 Å². The lowest BCUT2D eigenvalue weighted by atomic mass is 10.0. The van der Waals surface area contributed by atoms with Gasteiger partial charge >= 0.3 is 0 Å². The van der Waals surface area contributed by atoms with Crippen LogP contribution >= 0.6 is 11.3 Å². The van der Waals surface area contributed by atoms with Gasteiger partial charge in [0, 0.05) is 32.2 Å². The van der Waals surface area contributed by atoms with Crippen LogP contribution < -0.4 is 10.6 Å². The lowest BCUT2D eigenvalue weighted by Crippen LogP contribution is -2.52. The van der Waals surface area contributed by atoms with Crippen molar-refractivity contribution < 1.29 is 4.79 Å². The number of hydrogen-bond donors (Lipinski definition) is 1. The van der Waals surface area contributed by atoms with Crippen molar-refractivity contribution in [2.45, 2.75) is 19.9 Å². The van der Waals surface area contributed by atoms with Gasteiger partial charge in [-0.2, -0.15) is 0 Å². The molecule has 0 saturated carbocycles. The molecule has 1 saturated heterocycles. The number of carbonyl (C=O) groups is 1. The molecule has 3 heterocycles. The lowest BCUT2D eigenvalue weighted by molar-refractivity contribution is -0.135. The normalized spacial score (nSPS) is 18.5. The van der Waals surface area contributed by atoms with Crippen LogP contribution in [0.4, 0.5) is 5.82 Å². The Balaban J connectivity index is 1.69. The Bertz CT molecular complexity index is 663. The zero-order valence-corrected chi connectivity index (χ0v) is 13.7. The van der Waals surface area contributed by atoms with Gasteiger partial charge in [-0.1, -0.05) is 6.92 Å². The fourth-order valence-corrected chi connectivity index (χ4v) is 3.41. The Morgan fingerprint density at radius 2 is 2.00 bits per heavy atom. The summed E-state index contributed by atoms with van der Waals surface area (Å²) in [6.07, 6.45) is 1.61. The Morgan fingerprint density at radius 3 is 2.68 bits per heavy atom. The lowest BCUT2D eigenvalue weighted by Gasteiger charge is -2.37. The van der Waals surface area contributed by atoms with E-state index in [1.807, 2.05) is 24.1 Å². The summed E-state index contributed by atoms with van der Waals surface area (Å²) < 4.78 is 0. The van der Waals surface area contributed by atoms with Crippen LogP contribution in [0.3, 0.4) is 0 Å². The molecular weight excluding hydrogens is 298 g/mol. The minimum absolute atomic E-state index is 0.113. The standard InChI is InChI=1S/C15H21N5OS/c1-10(11(2)16)15(21)20-6-4-19(5-7-20)13-12-3-8-22-14(12)18-9-17-13/h3,8-11H,4-7,16H2,1-2H3. The minimum atomic E-state index is -0.130. The van der Waals surface area contributed by atoms with Crippen molar-refractivity contribution in [2.75, 3.05) is 31.1 Å². The van der Waals surface area contributed by atoms with Gasteiger partial charge in [-0.3, -0.25) is 4.79 Å². The summed E-state index contributed by atoms with van der Waals surface area (Å²) in [6, 6.07) is 1.95.